The molecule has 0 radical (unpaired) electrons. The maximum absolute atomic E-state index is 12.3. The van der Waals surface area contributed by atoms with Gasteiger partial charge in [0.25, 0.3) is 0 Å². The van der Waals surface area contributed by atoms with Crippen molar-refractivity contribution < 1.29 is 9.53 Å². The summed E-state index contributed by atoms with van der Waals surface area (Å²) in [6.45, 7) is 4.85. The first-order chi connectivity index (χ1) is 10.1. The molecule has 0 unspecified atom stereocenters. The van der Waals surface area contributed by atoms with Crippen molar-refractivity contribution in [1.29, 1.82) is 0 Å². The second kappa shape index (κ2) is 5.53. The second-order valence-electron chi connectivity index (χ2n) is 6.44. The Morgan fingerprint density at radius 2 is 2.05 bits per heavy atom. The average molecular weight is 286 g/mol. The molecule has 112 valence electrons. The lowest BCUT2D eigenvalue weighted by Crippen LogP contribution is -2.39. The van der Waals surface area contributed by atoms with Gasteiger partial charge >= 0.3 is 5.97 Å². The van der Waals surface area contributed by atoms with Gasteiger partial charge in [0.2, 0.25) is 0 Å². The van der Waals surface area contributed by atoms with E-state index in [4.69, 9.17) is 4.74 Å². The standard InChI is InChI=1S/C17H22N2O2/c1-17(7-9-19(2)10-8-17)12-21-16(20)14-11-18-15-6-4-3-5-13(14)15/h3-6,11,18H,7-10,12H2,1-2H3. The number of ether oxygens (including phenoxy) is 1. The van der Waals surface area contributed by atoms with Crippen molar-refractivity contribution in [3.8, 4) is 0 Å². The number of benzene rings is 1. The van der Waals surface area contributed by atoms with E-state index in [1.54, 1.807) is 6.20 Å². The molecule has 1 aliphatic rings. The number of nitrogens with one attached hydrogen (secondary N) is 1. The third-order valence-electron chi connectivity index (χ3n) is 4.56. The van der Waals surface area contributed by atoms with Crippen LogP contribution in [0, 0.1) is 5.41 Å². The molecule has 0 spiro atoms. The predicted octanol–water partition coefficient (Wildman–Crippen LogP) is 3.06. The van der Waals surface area contributed by atoms with E-state index in [-0.39, 0.29) is 11.4 Å². The summed E-state index contributed by atoms with van der Waals surface area (Å²) in [4.78, 5) is 17.8. The number of H-pyrrole nitrogens is 1. The molecule has 0 atom stereocenters. The third-order valence-corrected chi connectivity index (χ3v) is 4.56. The molecule has 0 saturated carbocycles. The minimum absolute atomic E-state index is 0.105. The van der Waals surface area contributed by atoms with Crippen molar-refractivity contribution in [3.63, 3.8) is 0 Å². The lowest BCUT2D eigenvalue weighted by atomic mass is 9.81. The van der Waals surface area contributed by atoms with E-state index in [0.29, 0.717) is 12.2 Å². The highest BCUT2D eigenvalue weighted by Crippen LogP contribution is 2.31. The Morgan fingerprint density at radius 1 is 1.33 bits per heavy atom. The molecule has 0 aliphatic carbocycles. The Kier molecular flexibility index (Phi) is 3.72. The van der Waals surface area contributed by atoms with Crippen molar-refractivity contribution in [2.75, 3.05) is 26.7 Å². The molecule has 1 fully saturated rings. The van der Waals surface area contributed by atoms with Crippen LogP contribution in [0.15, 0.2) is 30.5 Å². The Bertz CT molecular complexity index is 639. The zero-order chi connectivity index (χ0) is 14.9. The topological polar surface area (TPSA) is 45.3 Å². The summed E-state index contributed by atoms with van der Waals surface area (Å²) >= 11 is 0. The Morgan fingerprint density at radius 3 is 2.81 bits per heavy atom. The van der Waals surface area contributed by atoms with E-state index in [0.717, 1.165) is 36.8 Å². The highest BCUT2D eigenvalue weighted by Gasteiger charge is 2.30. The number of piperidine rings is 1. The van der Waals surface area contributed by atoms with E-state index >= 15 is 0 Å². The zero-order valence-electron chi connectivity index (χ0n) is 12.7. The summed E-state index contributed by atoms with van der Waals surface area (Å²) in [6, 6.07) is 7.79. The maximum atomic E-state index is 12.3. The molecular weight excluding hydrogens is 264 g/mol. The molecule has 0 amide bonds. The van der Waals surface area contributed by atoms with Crippen LogP contribution in [0.4, 0.5) is 0 Å². The smallest absolute Gasteiger partial charge is 0.340 e. The number of hydrogen-bond acceptors (Lipinski definition) is 3. The molecule has 1 saturated heterocycles. The van der Waals surface area contributed by atoms with Gasteiger partial charge in [0.15, 0.2) is 0 Å². The quantitative estimate of drug-likeness (QED) is 0.882. The van der Waals surface area contributed by atoms with E-state index in [1.807, 2.05) is 24.3 Å². The van der Waals surface area contributed by atoms with Crippen LogP contribution in [-0.4, -0.2) is 42.6 Å². The lowest BCUT2D eigenvalue weighted by molar-refractivity contribution is 0.0158. The molecule has 4 heteroatoms. The summed E-state index contributed by atoms with van der Waals surface area (Å²) in [7, 11) is 2.14. The van der Waals surface area contributed by atoms with Gasteiger partial charge in [0.05, 0.1) is 12.2 Å². The monoisotopic (exact) mass is 286 g/mol. The van der Waals surface area contributed by atoms with Gasteiger partial charge in [-0.25, -0.2) is 4.79 Å². The highest BCUT2D eigenvalue weighted by atomic mass is 16.5. The van der Waals surface area contributed by atoms with Gasteiger partial charge in [0.1, 0.15) is 0 Å². The maximum Gasteiger partial charge on any atom is 0.340 e. The van der Waals surface area contributed by atoms with E-state index in [2.05, 4.69) is 23.9 Å². The Labute approximate surface area is 125 Å². The van der Waals surface area contributed by atoms with Gasteiger partial charge in [-0.3, -0.25) is 0 Å². The van der Waals surface area contributed by atoms with E-state index in [9.17, 15) is 4.79 Å². The van der Waals surface area contributed by atoms with Crippen molar-refractivity contribution in [2.45, 2.75) is 19.8 Å². The predicted molar refractivity (Wildman–Crippen MR) is 83.4 cm³/mol. The largest absolute Gasteiger partial charge is 0.461 e. The lowest BCUT2D eigenvalue weighted by Gasteiger charge is -2.37. The number of hydrogen-bond donors (Lipinski definition) is 1. The minimum Gasteiger partial charge on any atom is -0.461 e. The van der Waals surface area contributed by atoms with Crippen LogP contribution in [0.25, 0.3) is 10.9 Å². The number of likely N-dealkylation sites (tertiary alicyclic amines) is 1. The number of fused-ring (bicyclic) bond motifs is 1. The first-order valence-electron chi connectivity index (χ1n) is 7.49. The minimum atomic E-state index is -0.229. The van der Waals surface area contributed by atoms with Crippen LogP contribution in [0.2, 0.25) is 0 Å². The number of rotatable bonds is 3. The van der Waals surface area contributed by atoms with Crippen LogP contribution in [0.5, 0.6) is 0 Å². The van der Waals surface area contributed by atoms with Crippen molar-refractivity contribution in [1.82, 2.24) is 9.88 Å². The first kappa shape index (κ1) is 14.1. The Hall–Kier alpha value is -1.81. The van der Waals surface area contributed by atoms with Gasteiger partial charge in [0, 0.05) is 22.5 Å². The zero-order valence-corrected chi connectivity index (χ0v) is 12.7. The van der Waals surface area contributed by atoms with Gasteiger partial charge in [-0.05, 0) is 39.0 Å². The molecule has 2 aromatic rings. The van der Waals surface area contributed by atoms with Crippen LogP contribution >= 0.6 is 0 Å². The molecular formula is C17H22N2O2. The van der Waals surface area contributed by atoms with Crippen molar-refractivity contribution in [2.24, 2.45) is 5.41 Å². The molecule has 1 N–H and O–H groups in total. The molecule has 1 aliphatic heterocycles. The van der Waals surface area contributed by atoms with Crippen LogP contribution in [0.3, 0.4) is 0 Å². The van der Waals surface area contributed by atoms with Crippen molar-refractivity contribution >= 4 is 16.9 Å². The molecule has 0 bridgehead atoms. The highest BCUT2D eigenvalue weighted by molar-refractivity contribution is 6.03. The summed E-state index contributed by atoms with van der Waals surface area (Å²) in [5.41, 5.74) is 1.70. The molecule has 1 aromatic heterocycles. The fraction of sp³-hybridized carbons (Fsp3) is 0.471. The number of esters is 1. The summed E-state index contributed by atoms with van der Waals surface area (Å²) < 4.78 is 5.59. The molecule has 3 rings (SSSR count). The Balaban J connectivity index is 1.67. The molecule has 1 aromatic carbocycles. The number of nitrogens with zero attached hydrogens (tertiary/aromatic N) is 1. The summed E-state index contributed by atoms with van der Waals surface area (Å²) in [5, 5.41) is 0.927. The number of carbonyl (C=O) groups excluding carboxylic acids is 1. The third kappa shape index (κ3) is 2.95. The van der Waals surface area contributed by atoms with E-state index < -0.39 is 0 Å². The van der Waals surface area contributed by atoms with Crippen LogP contribution in [-0.2, 0) is 4.74 Å². The fourth-order valence-corrected chi connectivity index (χ4v) is 2.86. The number of aromatic amines is 1. The summed E-state index contributed by atoms with van der Waals surface area (Å²) in [6.07, 6.45) is 3.89. The van der Waals surface area contributed by atoms with Gasteiger partial charge in [-0.2, -0.15) is 0 Å². The normalized spacial score (nSPS) is 18.8. The molecule has 2 heterocycles. The number of aromatic nitrogens is 1. The number of carbonyl (C=O) groups is 1. The van der Waals surface area contributed by atoms with Gasteiger partial charge in [-0.15, -0.1) is 0 Å². The van der Waals surface area contributed by atoms with E-state index in [1.165, 1.54) is 0 Å². The fourth-order valence-electron chi connectivity index (χ4n) is 2.86. The van der Waals surface area contributed by atoms with Crippen LogP contribution < -0.4 is 0 Å². The van der Waals surface area contributed by atoms with Crippen molar-refractivity contribution in [3.05, 3.63) is 36.0 Å². The molecule has 4 nitrogen and oxygen atoms in total. The number of para-hydroxylation sites is 1. The SMILES string of the molecule is CN1CCC(C)(COC(=O)c2c[nH]c3ccccc23)CC1. The van der Waals surface area contributed by atoms with Gasteiger partial charge in [-0.1, -0.05) is 25.1 Å². The molecule has 21 heavy (non-hydrogen) atoms. The van der Waals surface area contributed by atoms with Crippen LogP contribution in [0.1, 0.15) is 30.1 Å². The average Bonchev–Trinajstić information content (AvgIpc) is 2.92. The van der Waals surface area contributed by atoms with Gasteiger partial charge < -0.3 is 14.6 Å². The summed E-state index contributed by atoms with van der Waals surface area (Å²) in [5.74, 6) is -0.229. The second-order valence-corrected chi connectivity index (χ2v) is 6.44. The first-order valence-corrected chi connectivity index (χ1v) is 7.49.